The van der Waals surface area contributed by atoms with E-state index in [-0.39, 0.29) is 5.78 Å². The van der Waals surface area contributed by atoms with Crippen LogP contribution in [0.5, 0.6) is 0 Å². The number of benzene rings is 2. The highest BCUT2D eigenvalue weighted by molar-refractivity contribution is 5.98. The summed E-state index contributed by atoms with van der Waals surface area (Å²) in [7, 11) is 0. The minimum Gasteiger partial charge on any atom is -0.384 e. The molecule has 1 N–H and O–H groups in total. The summed E-state index contributed by atoms with van der Waals surface area (Å²) in [4.78, 5) is 12.4. The Labute approximate surface area is 119 Å². The molecule has 102 valence electrons. The minimum atomic E-state index is 0.187. The molecular weight excluding hydrogens is 246 g/mol. The highest BCUT2D eigenvalue weighted by Crippen LogP contribution is 2.24. The number of aryl methyl sites for hydroxylation is 2. The Morgan fingerprint density at radius 2 is 1.85 bits per heavy atom. The Hall–Kier alpha value is -2.09. The molecule has 1 aliphatic heterocycles. The first-order valence-corrected chi connectivity index (χ1v) is 7.09. The quantitative estimate of drug-likeness (QED) is 0.857. The van der Waals surface area contributed by atoms with Gasteiger partial charge < -0.3 is 5.32 Å². The van der Waals surface area contributed by atoms with E-state index in [4.69, 9.17) is 0 Å². The molecule has 2 nitrogen and oxygen atoms in total. The normalized spacial score (nSPS) is 12.9. The molecule has 1 heterocycles. The Bertz CT molecular complexity index is 653. The number of rotatable bonds is 3. The van der Waals surface area contributed by atoms with Crippen LogP contribution in [0.25, 0.3) is 0 Å². The number of hydrogen-bond acceptors (Lipinski definition) is 2. The first-order valence-electron chi connectivity index (χ1n) is 7.09. The Morgan fingerprint density at radius 3 is 2.60 bits per heavy atom. The first kappa shape index (κ1) is 12.9. The second kappa shape index (κ2) is 5.12. The van der Waals surface area contributed by atoms with Gasteiger partial charge in [-0.3, -0.25) is 4.79 Å². The van der Waals surface area contributed by atoms with Gasteiger partial charge in [-0.05, 0) is 37.5 Å². The van der Waals surface area contributed by atoms with Crippen LogP contribution < -0.4 is 5.32 Å². The molecule has 0 unspecified atom stereocenters. The van der Waals surface area contributed by atoms with E-state index in [1.165, 1.54) is 16.7 Å². The van der Waals surface area contributed by atoms with Crippen LogP contribution in [0, 0.1) is 13.8 Å². The molecule has 0 aliphatic carbocycles. The number of carbonyl (C=O) groups is 1. The molecule has 1 aliphatic rings. The molecule has 0 fully saturated rings. The molecule has 0 spiro atoms. The van der Waals surface area contributed by atoms with E-state index < -0.39 is 0 Å². The van der Waals surface area contributed by atoms with Crippen molar-refractivity contribution < 1.29 is 4.79 Å². The van der Waals surface area contributed by atoms with Crippen LogP contribution >= 0.6 is 0 Å². The van der Waals surface area contributed by atoms with Crippen LogP contribution in [0.1, 0.15) is 32.6 Å². The number of carbonyl (C=O) groups excluding carboxylic acids is 1. The number of Topliss-reactive ketones (excluding diaryl/α,β-unsaturated/α-hetero) is 1. The van der Waals surface area contributed by atoms with Crippen LogP contribution in [0.4, 0.5) is 5.69 Å². The third-order valence-corrected chi connectivity index (χ3v) is 3.79. The monoisotopic (exact) mass is 265 g/mol. The lowest BCUT2D eigenvalue weighted by molar-refractivity contribution is 0.0993. The summed E-state index contributed by atoms with van der Waals surface area (Å²) >= 11 is 0. The minimum absolute atomic E-state index is 0.187. The summed E-state index contributed by atoms with van der Waals surface area (Å²) in [6, 6.07) is 12.3. The molecule has 20 heavy (non-hydrogen) atoms. The van der Waals surface area contributed by atoms with E-state index in [9.17, 15) is 4.79 Å². The summed E-state index contributed by atoms with van der Waals surface area (Å²) in [6.45, 7) is 5.12. The topological polar surface area (TPSA) is 29.1 Å². The summed E-state index contributed by atoms with van der Waals surface area (Å²) in [6.07, 6.45) is 1.53. The van der Waals surface area contributed by atoms with Gasteiger partial charge in [-0.25, -0.2) is 0 Å². The summed E-state index contributed by atoms with van der Waals surface area (Å²) < 4.78 is 0. The van der Waals surface area contributed by atoms with Gasteiger partial charge >= 0.3 is 0 Å². The number of hydrogen-bond donors (Lipinski definition) is 1. The van der Waals surface area contributed by atoms with Crippen LogP contribution in [0.3, 0.4) is 0 Å². The van der Waals surface area contributed by atoms with E-state index in [1.807, 2.05) is 12.1 Å². The van der Waals surface area contributed by atoms with E-state index in [1.54, 1.807) is 0 Å². The lowest BCUT2D eigenvalue weighted by Crippen LogP contribution is -2.04. The SMILES string of the molecule is Cc1cc(C)cc(CC(=O)c2ccc3c(c2)NCC3)c1. The van der Waals surface area contributed by atoms with Crippen LogP contribution in [0.15, 0.2) is 36.4 Å². The smallest absolute Gasteiger partial charge is 0.167 e. The zero-order chi connectivity index (χ0) is 14.1. The largest absolute Gasteiger partial charge is 0.384 e. The summed E-state index contributed by atoms with van der Waals surface area (Å²) in [5.74, 6) is 0.187. The molecule has 0 saturated heterocycles. The molecule has 3 rings (SSSR count). The lowest BCUT2D eigenvalue weighted by Gasteiger charge is -2.07. The number of ketones is 1. The van der Waals surface area contributed by atoms with E-state index in [0.29, 0.717) is 6.42 Å². The number of nitrogens with one attached hydrogen (secondary N) is 1. The van der Waals surface area contributed by atoms with Gasteiger partial charge in [-0.2, -0.15) is 0 Å². The van der Waals surface area contributed by atoms with E-state index in [2.05, 4.69) is 43.4 Å². The number of anilines is 1. The maximum atomic E-state index is 12.4. The van der Waals surface area contributed by atoms with E-state index in [0.717, 1.165) is 29.8 Å². The number of fused-ring (bicyclic) bond motifs is 1. The maximum Gasteiger partial charge on any atom is 0.167 e. The van der Waals surface area contributed by atoms with Gasteiger partial charge in [-0.1, -0.05) is 41.5 Å². The molecule has 0 bridgehead atoms. The van der Waals surface area contributed by atoms with Crippen molar-refractivity contribution in [3.8, 4) is 0 Å². The van der Waals surface area contributed by atoms with Crippen molar-refractivity contribution in [2.45, 2.75) is 26.7 Å². The van der Waals surface area contributed by atoms with Gasteiger partial charge in [0.05, 0.1) is 0 Å². The van der Waals surface area contributed by atoms with Crippen molar-refractivity contribution >= 4 is 11.5 Å². The van der Waals surface area contributed by atoms with Gasteiger partial charge in [0.25, 0.3) is 0 Å². The molecule has 0 amide bonds. The molecule has 2 aromatic rings. The predicted molar refractivity (Wildman–Crippen MR) is 82.6 cm³/mol. The highest BCUT2D eigenvalue weighted by Gasteiger charge is 2.14. The van der Waals surface area contributed by atoms with Crippen LogP contribution in [-0.2, 0) is 12.8 Å². The Kier molecular flexibility index (Phi) is 3.31. The molecule has 0 atom stereocenters. The predicted octanol–water partition coefficient (Wildman–Crippen LogP) is 3.70. The second-order valence-corrected chi connectivity index (χ2v) is 5.64. The molecule has 0 saturated carbocycles. The van der Waals surface area contributed by atoms with Gasteiger partial charge in [-0.15, -0.1) is 0 Å². The zero-order valence-corrected chi connectivity index (χ0v) is 12.0. The van der Waals surface area contributed by atoms with Crippen LogP contribution in [-0.4, -0.2) is 12.3 Å². The molecular formula is C18H19NO. The fourth-order valence-electron chi connectivity index (χ4n) is 2.92. The summed E-state index contributed by atoms with van der Waals surface area (Å²) in [5, 5.41) is 3.33. The van der Waals surface area contributed by atoms with Gasteiger partial charge in [0.15, 0.2) is 5.78 Å². The van der Waals surface area contributed by atoms with Crippen molar-refractivity contribution in [2.24, 2.45) is 0 Å². The van der Waals surface area contributed by atoms with Crippen molar-refractivity contribution in [1.82, 2.24) is 0 Å². The second-order valence-electron chi connectivity index (χ2n) is 5.64. The summed E-state index contributed by atoms with van der Waals surface area (Å²) in [5.41, 5.74) is 6.76. The van der Waals surface area contributed by atoms with Gasteiger partial charge in [0, 0.05) is 24.2 Å². The van der Waals surface area contributed by atoms with Crippen molar-refractivity contribution in [3.05, 3.63) is 64.2 Å². The third-order valence-electron chi connectivity index (χ3n) is 3.79. The van der Waals surface area contributed by atoms with Crippen molar-refractivity contribution in [1.29, 1.82) is 0 Å². The van der Waals surface area contributed by atoms with Crippen LogP contribution in [0.2, 0.25) is 0 Å². The van der Waals surface area contributed by atoms with E-state index >= 15 is 0 Å². The molecule has 2 aromatic carbocycles. The zero-order valence-electron chi connectivity index (χ0n) is 12.0. The molecule has 0 radical (unpaired) electrons. The molecule has 0 aromatic heterocycles. The average molecular weight is 265 g/mol. The Morgan fingerprint density at radius 1 is 1.10 bits per heavy atom. The van der Waals surface area contributed by atoms with Crippen molar-refractivity contribution in [2.75, 3.05) is 11.9 Å². The fraction of sp³-hybridized carbons (Fsp3) is 0.278. The Balaban J connectivity index is 1.82. The molecule has 2 heteroatoms. The lowest BCUT2D eigenvalue weighted by atomic mass is 9.98. The van der Waals surface area contributed by atoms with Crippen molar-refractivity contribution in [3.63, 3.8) is 0 Å². The standard InChI is InChI=1S/C18H19NO/c1-12-7-13(2)9-14(8-12)10-18(20)16-4-3-15-5-6-19-17(15)11-16/h3-4,7-9,11,19H,5-6,10H2,1-2H3. The maximum absolute atomic E-state index is 12.4. The third kappa shape index (κ3) is 2.60. The fourth-order valence-corrected chi connectivity index (χ4v) is 2.92. The average Bonchev–Trinajstić information content (AvgIpc) is 2.84. The first-order chi connectivity index (χ1) is 9.61. The van der Waals surface area contributed by atoms with Gasteiger partial charge in [0.1, 0.15) is 0 Å². The van der Waals surface area contributed by atoms with Gasteiger partial charge in [0.2, 0.25) is 0 Å². The highest BCUT2D eigenvalue weighted by atomic mass is 16.1.